The molecule has 1 aromatic carbocycles. The van der Waals surface area contributed by atoms with Gasteiger partial charge in [-0.15, -0.1) is 11.3 Å². The molecule has 5 nitrogen and oxygen atoms in total. The minimum absolute atomic E-state index is 0.680. The van der Waals surface area contributed by atoms with E-state index in [9.17, 15) is 0 Å². The number of aromatic nitrogens is 3. The minimum atomic E-state index is 0.680. The lowest BCUT2D eigenvalue weighted by Crippen LogP contribution is -2.01. The van der Waals surface area contributed by atoms with Crippen molar-refractivity contribution >= 4 is 39.2 Å². The van der Waals surface area contributed by atoms with Crippen molar-refractivity contribution in [1.29, 1.82) is 0 Å². The van der Waals surface area contributed by atoms with Crippen LogP contribution in [-0.2, 0) is 6.54 Å². The smallest absolute Gasteiger partial charge is 0.196 e. The Balaban J connectivity index is 1.76. The minimum Gasteiger partial charge on any atom is -0.450 e. The van der Waals surface area contributed by atoms with Crippen LogP contribution in [0.15, 0.2) is 40.5 Å². The summed E-state index contributed by atoms with van der Waals surface area (Å²) in [4.78, 5) is 14.1. The Morgan fingerprint density at radius 2 is 2.10 bits per heavy atom. The number of rotatable bonds is 3. The molecule has 0 aliphatic carbocycles. The summed E-state index contributed by atoms with van der Waals surface area (Å²) in [5.74, 6) is 0.712. The largest absolute Gasteiger partial charge is 0.450 e. The molecular formula is C15H12N4OS. The predicted octanol–water partition coefficient (Wildman–Crippen LogP) is 3.75. The molecule has 104 valence electrons. The molecule has 0 aliphatic heterocycles. The van der Waals surface area contributed by atoms with E-state index in [1.165, 1.54) is 4.88 Å². The highest BCUT2D eigenvalue weighted by Gasteiger charge is 2.13. The fourth-order valence-electron chi connectivity index (χ4n) is 2.31. The van der Waals surface area contributed by atoms with Crippen LogP contribution in [0.4, 0.5) is 5.82 Å². The lowest BCUT2D eigenvalue weighted by molar-refractivity contribution is 0.666. The number of nitrogens with zero attached hydrogens (tertiary/aromatic N) is 3. The van der Waals surface area contributed by atoms with Crippen LogP contribution < -0.4 is 5.32 Å². The first-order valence-corrected chi connectivity index (χ1v) is 7.46. The zero-order valence-electron chi connectivity index (χ0n) is 11.3. The molecule has 0 atom stereocenters. The number of para-hydroxylation sites is 1. The quantitative estimate of drug-likeness (QED) is 0.623. The van der Waals surface area contributed by atoms with Crippen molar-refractivity contribution in [2.75, 3.05) is 5.32 Å². The van der Waals surface area contributed by atoms with Gasteiger partial charge >= 0.3 is 0 Å². The van der Waals surface area contributed by atoms with Crippen LogP contribution >= 0.6 is 11.3 Å². The third-order valence-electron chi connectivity index (χ3n) is 3.42. The van der Waals surface area contributed by atoms with Gasteiger partial charge in [-0.2, -0.15) is 0 Å². The summed E-state index contributed by atoms with van der Waals surface area (Å²) in [6.07, 6.45) is 1.56. The lowest BCUT2D eigenvalue weighted by atomic mass is 10.2. The molecule has 0 aliphatic rings. The van der Waals surface area contributed by atoms with E-state index < -0.39 is 0 Å². The Morgan fingerprint density at radius 1 is 1.19 bits per heavy atom. The first kappa shape index (κ1) is 12.3. The Bertz CT molecular complexity index is 928. The number of hydrogen-bond acceptors (Lipinski definition) is 6. The second-order valence-electron chi connectivity index (χ2n) is 4.71. The van der Waals surface area contributed by atoms with E-state index in [1.54, 1.807) is 17.7 Å². The van der Waals surface area contributed by atoms with E-state index in [4.69, 9.17) is 4.42 Å². The third kappa shape index (κ3) is 2.04. The predicted molar refractivity (Wildman–Crippen MR) is 83.5 cm³/mol. The average molecular weight is 296 g/mol. The Morgan fingerprint density at radius 3 is 2.95 bits per heavy atom. The Labute approximate surface area is 124 Å². The molecule has 4 rings (SSSR count). The van der Waals surface area contributed by atoms with Gasteiger partial charge in [0.05, 0.1) is 17.7 Å². The summed E-state index contributed by atoms with van der Waals surface area (Å²) in [5.41, 5.74) is 5.25. The van der Waals surface area contributed by atoms with Crippen molar-refractivity contribution in [3.05, 3.63) is 46.7 Å². The molecule has 6 heteroatoms. The SMILES string of the molecule is Cc1ncsc1CNc1ncnc2c1oc1ccccc12. The number of aryl methyl sites for hydroxylation is 1. The molecule has 0 amide bonds. The summed E-state index contributed by atoms with van der Waals surface area (Å²) in [5, 5.41) is 4.32. The summed E-state index contributed by atoms with van der Waals surface area (Å²) >= 11 is 1.63. The molecule has 0 saturated heterocycles. The summed E-state index contributed by atoms with van der Waals surface area (Å²) in [6.45, 7) is 2.68. The van der Waals surface area contributed by atoms with Gasteiger partial charge in [-0.1, -0.05) is 12.1 Å². The number of hydrogen-bond donors (Lipinski definition) is 1. The second-order valence-corrected chi connectivity index (χ2v) is 5.65. The molecule has 0 saturated carbocycles. The second kappa shape index (κ2) is 4.82. The van der Waals surface area contributed by atoms with Crippen LogP contribution in [0.2, 0.25) is 0 Å². The van der Waals surface area contributed by atoms with Gasteiger partial charge in [0.2, 0.25) is 0 Å². The van der Waals surface area contributed by atoms with Crippen molar-refractivity contribution in [3.63, 3.8) is 0 Å². The summed E-state index contributed by atoms with van der Waals surface area (Å²) in [7, 11) is 0. The fraction of sp³-hybridized carbons (Fsp3) is 0.133. The third-order valence-corrected chi connectivity index (χ3v) is 4.35. The van der Waals surface area contributed by atoms with Gasteiger partial charge in [0, 0.05) is 10.3 Å². The highest BCUT2D eigenvalue weighted by Crippen LogP contribution is 2.30. The Kier molecular flexibility index (Phi) is 2.82. The van der Waals surface area contributed by atoms with Crippen LogP contribution in [0.5, 0.6) is 0 Å². The van der Waals surface area contributed by atoms with Crippen molar-refractivity contribution in [3.8, 4) is 0 Å². The number of nitrogens with one attached hydrogen (secondary N) is 1. The molecule has 21 heavy (non-hydrogen) atoms. The molecule has 3 heterocycles. The molecule has 4 aromatic rings. The average Bonchev–Trinajstić information content (AvgIpc) is 3.09. The maximum absolute atomic E-state index is 5.88. The molecule has 0 radical (unpaired) electrons. The van der Waals surface area contributed by atoms with Gasteiger partial charge in [0.25, 0.3) is 0 Å². The summed E-state index contributed by atoms with van der Waals surface area (Å²) < 4.78 is 5.88. The molecule has 0 fully saturated rings. The van der Waals surface area contributed by atoms with Gasteiger partial charge in [0.1, 0.15) is 17.4 Å². The maximum atomic E-state index is 5.88. The highest BCUT2D eigenvalue weighted by molar-refractivity contribution is 7.09. The molecule has 0 bridgehead atoms. The van der Waals surface area contributed by atoms with Crippen LogP contribution in [0.1, 0.15) is 10.6 Å². The highest BCUT2D eigenvalue weighted by atomic mass is 32.1. The molecule has 3 aromatic heterocycles. The van der Waals surface area contributed by atoms with Crippen molar-refractivity contribution in [2.24, 2.45) is 0 Å². The van der Waals surface area contributed by atoms with Crippen molar-refractivity contribution in [2.45, 2.75) is 13.5 Å². The molecule has 0 unspecified atom stereocenters. The topological polar surface area (TPSA) is 63.8 Å². The lowest BCUT2D eigenvalue weighted by Gasteiger charge is -2.04. The van der Waals surface area contributed by atoms with Crippen molar-refractivity contribution in [1.82, 2.24) is 15.0 Å². The molecular weight excluding hydrogens is 284 g/mol. The number of furan rings is 1. The Hall–Kier alpha value is -2.47. The van der Waals surface area contributed by atoms with E-state index in [0.29, 0.717) is 17.9 Å². The van der Waals surface area contributed by atoms with Crippen LogP contribution in [0.25, 0.3) is 22.1 Å². The van der Waals surface area contributed by atoms with Gasteiger partial charge in [-0.05, 0) is 19.1 Å². The van der Waals surface area contributed by atoms with Crippen LogP contribution in [-0.4, -0.2) is 15.0 Å². The zero-order valence-corrected chi connectivity index (χ0v) is 12.1. The van der Waals surface area contributed by atoms with Crippen molar-refractivity contribution < 1.29 is 4.42 Å². The van der Waals surface area contributed by atoms with Gasteiger partial charge in [-0.3, -0.25) is 0 Å². The van der Waals surface area contributed by atoms with Crippen LogP contribution in [0, 0.1) is 6.92 Å². The fourth-order valence-corrected chi connectivity index (χ4v) is 3.03. The van der Waals surface area contributed by atoms with Gasteiger partial charge in [0.15, 0.2) is 11.4 Å². The normalized spacial score (nSPS) is 11.3. The van der Waals surface area contributed by atoms with Gasteiger partial charge in [-0.25, -0.2) is 15.0 Å². The maximum Gasteiger partial charge on any atom is 0.196 e. The number of anilines is 1. The van der Waals surface area contributed by atoms with E-state index in [1.807, 2.05) is 36.7 Å². The molecule has 1 N–H and O–H groups in total. The zero-order chi connectivity index (χ0) is 14.2. The number of benzene rings is 1. The van der Waals surface area contributed by atoms with Crippen LogP contribution in [0.3, 0.4) is 0 Å². The number of thiazole rings is 1. The monoisotopic (exact) mass is 296 g/mol. The number of fused-ring (bicyclic) bond motifs is 3. The molecule has 0 spiro atoms. The van der Waals surface area contributed by atoms with E-state index in [0.717, 1.165) is 22.2 Å². The first-order valence-electron chi connectivity index (χ1n) is 6.58. The van der Waals surface area contributed by atoms with E-state index in [2.05, 4.69) is 20.3 Å². The standard InChI is InChI=1S/C15H12N4OS/c1-9-12(21-8-19-9)6-16-15-14-13(17-7-18-15)10-4-2-3-5-11(10)20-14/h2-5,7-8H,6H2,1H3,(H,16,17,18). The van der Waals surface area contributed by atoms with E-state index >= 15 is 0 Å². The first-order chi connectivity index (χ1) is 10.3. The van der Waals surface area contributed by atoms with Gasteiger partial charge < -0.3 is 9.73 Å². The van der Waals surface area contributed by atoms with E-state index in [-0.39, 0.29) is 0 Å². The summed E-state index contributed by atoms with van der Waals surface area (Å²) in [6, 6.07) is 7.87.